The molecule has 25 heavy (non-hydrogen) atoms. The van der Waals surface area contributed by atoms with Crippen molar-refractivity contribution in [3.63, 3.8) is 0 Å². The topological polar surface area (TPSA) is 3.24 Å². The van der Waals surface area contributed by atoms with Crippen LogP contribution >= 0.6 is 27.5 Å². The molecule has 0 radical (unpaired) electrons. The van der Waals surface area contributed by atoms with Crippen LogP contribution in [0, 0.1) is 5.92 Å². The summed E-state index contributed by atoms with van der Waals surface area (Å²) >= 11 is 9.30. The van der Waals surface area contributed by atoms with Gasteiger partial charge < -0.3 is 4.90 Å². The van der Waals surface area contributed by atoms with Crippen molar-refractivity contribution in [2.24, 2.45) is 5.92 Å². The first kappa shape index (κ1) is 18.3. The molecule has 0 aromatic heterocycles. The van der Waals surface area contributed by atoms with E-state index in [4.69, 9.17) is 11.6 Å². The normalized spacial score (nSPS) is 21.2. The molecule has 0 saturated heterocycles. The molecule has 3 rings (SSSR count). The summed E-state index contributed by atoms with van der Waals surface area (Å²) in [6.07, 6.45) is -4.33. The van der Waals surface area contributed by atoms with Gasteiger partial charge in [0.1, 0.15) is 5.92 Å². The molecule has 0 fully saturated rings. The number of alkyl halides is 3. The van der Waals surface area contributed by atoms with Crippen LogP contribution < -0.4 is 0 Å². The maximum Gasteiger partial charge on any atom is 0.397 e. The van der Waals surface area contributed by atoms with Gasteiger partial charge in [-0.2, -0.15) is 13.2 Å². The summed E-state index contributed by atoms with van der Waals surface area (Å²) in [7, 11) is 1.71. The highest BCUT2D eigenvalue weighted by Gasteiger charge is 2.52. The van der Waals surface area contributed by atoms with Gasteiger partial charge in [0.15, 0.2) is 0 Å². The summed E-state index contributed by atoms with van der Waals surface area (Å²) in [5.41, 5.74) is 2.18. The number of hydrogen-bond acceptors (Lipinski definition) is 1. The third kappa shape index (κ3) is 3.44. The van der Waals surface area contributed by atoms with Gasteiger partial charge in [0.05, 0.1) is 0 Å². The third-order valence-corrected chi connectivity index (χ3v) is 5.36. The predicted molar refractivity (Wildman–Crippen MR) is 99.2 cm³/mol. The summed E-state index contributed by atoms with van der Waals surface area (Å²) in [4.78, 5) is 1.71. The molecule has 2 aromatic carbocycles. The molecule has 132 valence electrons. The van der Waals surface area contributed by atoms with E-state index in [1.54, 1.807) is 67.4 Å². The van der Waals surface area contributed by atoms with Crippen molar-refractivity contribution >= 4 is 38.8 Å². The van der Waals surface area contributed by atoms with Crippen LogP contribution in [0.4, 0.5) is 13.2 Å². The Labute approximate surface area is 158 Å². The lowest BCUT2D eigenvalue weighted by molar-refractivity contribution is -0.165. The van der Waals surface area contributed by atoms with Gasteiger partial charge in [-0.3, -0.25) is 0 Å². The van der Waals surface area contributed by atoms with E-state index < -0.39 is 18.1 Å². The van der Waals surface area contributed by atoms with Crippen LogP contribution in [0.1, 0.15) is 18.1 Å². The molecule has 2 atom stereocenters. The highest BCUT2D eigenvalue weighted by molar-refractivity contribution is 9.10. The molecule has 1 aliphatic rings. The first-order valence-electron chi connectivity index (χ1n) is 7.75. The number of rotatable bonds is 2. The molecule has 6 heteroatoms. The zero-order chi connectivity index (χ0) is 18.4. The Morgan fingerprint density at radius 3 is 2.24 bits per heavy atom. The van der Waals surface area contributed by atoms with Crippen LogP contribution in [0.5, 0.6) is 0 Å². The third-order valence-electron chi connectivity index (χ3n) is 4.62. The van der Waals surface area contributed by atoms with Crippen LogP contribution in [0.3, 0.4) is 0 Å². The van der Waals surface area contributed by atoms with Crippen molar-refractivity contribution < 1.29 is 13.2 Å². The van der Waals surface area contributed by atoms with Crippen LogP contribution in [0.25, 0.3) is 11.3 Å². The first-order chi connectivity index (χ1) is 11.7. The Hall–Kier alpha value is -1.46. The Morgan fingerprint density at radius 2 is 1.68 bits per heavy atom. The standard InChI is InChI=1S/C19H16BrClF3N/c1-11-17(19(22,23)24)16(13-4-3-5-14(20)10-13)18(25(11)2)12-6-8-15(21)9-7-12/h3-11,17H,1-2H3. The molecule has 0 saturated carbocycles. The molecule has 0 amide bonds. The average Bonchev–Trinajstić information content (AvgIpc) is 2.80. The second-order valence-electron chi connectivity index (χ2n) is 6.15. The van der Waals surface area contributed by atoms with Gasteiger partial charge in [0, 0.05) is 28.3 Å². The van der Waals surface area contributed by atoms with Crippen molar-refractivity contribution in [1.29, 1.82) is 0 Å². The quantitative estimate of drug-likeness (QED) is 0.527. The lowest BCUT2D eigenvalue weighted by Gasteiger charge is -2.27. The van der Waals surface area contributed by atoms with E-state index in [0.717, 1.165) is 10.0 Å². The Kier molecular flexibility index (Phi) is 4.91. The monoisotopic (exact) mass is 429 g/mol. The zero-order valence-electron chi connectivity index (χ0n) is 13.6. The zero-order valence-corrected chi connectivity index (χ0v) is 16.0. The van der Waals surface area contributed by atoms with Crippen molar-refractivity contribution in [3.8, 4) is 0 Å². The number of benzene rings is 2. The molecule has 0 aliphatic carbocycles. The van der Waals surface area contributed by atoms with Crippen molar-refractivity contribution in [2.75, 3.05) is 7.05 Å². The maximum absolute atomic E-state index is 13.9. The molecule has 0 spiro atoms. The van der Waals surface area contributed by atoms with Crippen molar-refractivity contribution in [2.45, 2.75) is 19.1 Å². The van der Waals surface area contributed by atoms with Gasteiger partial charge >= 0.3 is 6.18 Å². The van der Waals surface area contributed by atoms with Gasteiger partial charge in [0.2, 0.25) is 0 Å². The van der Waals surface area contributed by atoms with Crippen LogP contribution in [0.15, 0.2) is 53.0 Å². The van der Waals surface area contributed by atoms with Gasteiger partial charge in [0.25, 0.3) is 0 Å². The number of hydrogen-bond donors (Lipinski definition) is 0. The van der Waals surface area contributed by atoms with E-state index >= 15 is 0 Å². The van der Waals surface area contributed by atoms with Crippen molar-refractivity contribution in [3.05, 3.63) is 69.2 Å². The number of halogens is 5. The molecule has 1 aliphatic heterocycles. The second-order valence-corrected chi connectivity index (χ2v) is 7.50. The fourth-order valence-corrected chi connectivity index (χ4v) is 3.91. The van der Waals surface area contributed by atoms with Crippen LogP contribution in [-0.4, -0.2) is 24.2 Å². The minimum Gasteiger partial charge on any atom is -0.370 e. The fourth-order valence-electron chi connectivity index (χ4n) is 3.38. The predicted octanol–water partition coefficient (Wildman–Crippen LogP) is 6.48. The highest BCUT2D eigenvalue weighted by atomic mass is 79.9. The fraction of sp³-hybridized carbons (Fsp3) is 0.263. The van der Waals surface area contributed by atoms with Crippen LogP contribution in [-0.2, 0) is 0 Å². The van der Waals surface area contributed by atoms with Gasteiger partial charge in [-0.15, -0.1) is 0 Å². The van der Waals surface area contributed by atoms with E-state index in [0.29, 0.717) is 21.9 Å². The maximum atomic E-state index is 13.9. The Morgan fingerprint density at radius 1 is 1.04 bits per heavy atom. The first-order valence-corrected chi connectivity index (χ1v) is 8.93. The lowest BCUT2D eigenvalue weighted by atomic mass is 9.88. The summed E-state index contributed by atoms with van der Waals surface area (Å²) in [5, 5.41) is 0.550. The second kappa shape index (κ2) is 6.69. The summed E-state index contributed by atoms with van der Waals surface area (Å²) < 4.78 is 42.4. The summed E-state index contributed by atoms with van der Waals surface area (Å²) in [6, 6.07) is 13.2. The lowest BCUT2D eigenvalue weighted by Crippen LogP contribution is -2.36. The smallest absolute Gasteiger partial charge is 0.370 e. The Balaban J connectivity index is 2.28. The highest BCUT2D eigenvalue weighted by Crippen LogP contribution is 2.50. The summed E-state index contributed by atoms with van der Waals surface area (Å²) in [6.45, 7) is 1.61. The minimum atomic E-state index is -4.33. The minimum absolute atomic E-state index is 0.297. The molecule has 1 nitrogen and oxygen atoms in total. The molecule has 2 unspecified atom stereocenters. The number of nitrogens with zero attached hydrogens (tertiary/aromatic N) is 1. The van der Waals surface area contributed by atoms with E-state index in [1.165, 1.54) is 0 Å². The van der Waals surface area contributed by atoms with Gasteiger partial charge in [-0.05, 0) is 47.9 Å². The largest absolute Gasteiger partial charge is 0.397 e. The molecule has 0 N–H and O–H groups in total. The van der Waals surface area contributed by atoms with Gasteiger partial charge in [-0.25, -0.2) is 0 Å². The summed E-state index contributed by atoms with van der Waals surface area (Å²) in [5.74, 6) is -1.56. The average molecular weight is 431 g/mol. The molecule has 2 aromatic rings. The van der Waals surface area contributed by atoms with E-state index in [9.17, 15) is 13.2 Å². The van der Waals surface area contributed by atoms with E-state index in [2.05, 4.69) is 15.9 Å². The molecular weight excluding hydrogens is 415 g/mol. The van der Waals surface area contributed by atoms with Crippen molar-refractivity contribution in [1.82, 2.24) is 4.90 Å². The SMILES string of the molecule is CC1C(C(F)(F)F)C(c2cccc(Br)c2)=C(c2ccc(Cl)cc2)N1C. The van der Waals surface area contributed by atoms with E-state index in [1.807, 2.05) is 0 Å². The molecular formula is C19H16BrClF3N. The molecule has 0 bridgehead atoms. The Bertz CT molecular complexity index is 814. The molecule has 1 heterocycles. The van der Waals surface area contributed by atoms with Gasteiger partial charge in [-0.1, -0.05) is 51.8 Å². The van der Waals surface area contributed by atoms with E-state index in [-0.39, 0.29) is 0 Å². The van der Waals surface area contributed by atoms with Crippen LogP contribution in [0.2, 0.25) is 5.02 Å².